The van der Waals surface area contributed by atoms with Crippen LogP contribution in [0.3, 0.4) is 0 Å². The number of halogens is 1. The van der Waals surface area contributed by atoms with Gasteiger partial charge in [-0.05, 0) is 41.9 Å². The molecule has 4 rings (SSSR count). The third-order valence-corrected chi connectivity index (χ3v) is 5.54. The quantitative estimate of drug-likeness (QED) is 0.587. The number of carbonyl (C=O) groups excluding carboxylic acids is 2. The Labute approximate surface area is 148 Å². The van der Waals surface area contributed by atoms with Gasteiger partial charge in [-0.3, -0.25) is 9.59 Å². The first-order valence-corrected chi connectivity index (χ1v) is 8.86. The second kappa shape index (κ2) is 5.43. The lowest BCUT2D eigenvalue weighted by molar-refractivity contribution is -0.156. The van der Waals surface area contributed by atoms with Crippen molar-refractivity contribution in [3.8, 4) is 0 Å². The van der Waals surface area contributed by atoms with Gasteiger partial charge >= 0.3 is 5.97 Å². The number of hydrogen-bond donors (Lipinski definition) is 0. The van der Waals surface area contributed by atoms with Crippen molar-refractivity contribution in [2.75, 3.05) is 11.4 Å². The predicted octanol–water partition coefficient (Wildman–Crippen LogP) is 2.69. The lowest BCUT2D eigenvalue weighted by Crippen LogP contribution is -2.40. The molecular weight excluding hydrogens is 374 g/mol. The molecule has 0 radical (unpaired) electrons. The molecule has 1 aromatic carbocycles. The lowest BCUT2D eigenvalue weighted by atomic mass is 9.77. The molecule has 2 saturated heterocycles. The van der Waals surface area contributed by atoms with Crippen LogP contribution in [0, 0.1) is 11.8 Å². The molecule has 3 aliphatic rings. The zero-order valence-corrected chi connectivity index (χ0v) is 15.0. The summed E-state index contributed by atoms with van der Waals surface area (Å²) < 4.78 is 12.3. The van der Waals surface area contributed by atoms with E-state index in [1.807, 2.05) is 36.4 Å². The largest absolute Gasteiger partial charge is 0.463 e. The van der Waals surface area contributed by atoms with E-state index in [-0.39, 0.29) is 24.1 Å². The fourth-order valence-electron chi connectivity index (χ4n) is 3.95. The summed E-state index contributed by atoms with van der Waals surface area (Å²) >= 11 is 3.50. The molecule has 2 fully saturated rings. The van der Waals surface area contributed by atoms with Gasteiger partial charge in [0.2, 0.25) is 5.91 Å². The van der Waals surface area contributed by atoms with Crippen molar-refractivity contribution in [2.45, 2.75) is 31.7 Å². The van der Waals surface area contributed by atoms with Crippen molar-refractivity contribution in [3.63, 3.8) is 0 Å². The van der Waals surface area contributed by atoms with Crippen molar-refractivity contribution in [2.24, 2.45) is 11.8 Å². The summed E-state index contributed by atoms with van der Waals surface area (Å²) in [6, 6.07) is 7.57. The Hall–Kier alpha value is -1.66. The molecule has 1 aromatic rings. The summed E-state index contributed by atoms with van der Waals surface area (Å²) in [5.74, 6) is -1.53. The van der Waals surface area contributed by atoms with Crippen LogP contribution in [0.2, 0.25) is 0 Å². The molecule has 1 amide bonds. The molecule has 6 heteroatoms. The van der Waals surface area contributed by atoms with Crippen LogP contribution in [0.4, 0.5) is 5.69 Å². The number of anilines is 1. The van der Waals surface area contributed by atoms with Crippen molar-refractivity contribution in [3.05, 3.63) is 40.9 Å². The molecule has 5 nitrogen and oxygen atoms in total. The van der Waals surface area contributed by atoms with Gasteiger partial charge in [0.1, 0.15) is 11.5 Å². The Bertz CT molecular complexity index is 746. The highest BCUT2D eigenvalue weighted by Gasteiger charge is 2.67. The number of para-hydroxylation sites is 1. The molecule has 0 N–H and O–H groups in total. The third-order valence-electron chi connectivity index (χ3n) is 4.87. The highest BCUT2D eigenvalue weighted by molar-refractivity contribution is 9.10. The maximum atomic E-state index is 13.1. The van der Waals surface area contributed by atoms with Crippen molar-refractivity contribution < 1.29 is 19.1 Å². The summed E-state index contributed by atoms with van der Waals surface area (Å²) in [4.78, 5) is 27.3. The van der Waals surface area contributed by atoms with Crippen LogP contribution in [0.5, 0.6) is 0 Å². The number of carbonyl (C=O) groups is 2. The van der Waals surface area contributed by atoms with E-state index in [9.17, 15) is 9.59 Å². The number of nitrogens with zero attached hydrogens (tertiary/aromatic N) is 1. The van der Waals surface area contributed by atoms with E-state index in [0.717, 1.165) is 10.2 Å². The normalized spacial score (nSPS) is 33.4. The first-order valence-electron chi connectivity index (χ1n) is 8.06. The summed E-state index contributed by atoms with van der Waals surface area (Å²) in [7, 11) is 0. The molecule has 24 heavy (non-hydrogen) atoms. The van der Waals surface area contributed by atoms with Crippen LogP contribution in [0.15, 0.2) is 40.9 Å². The number of rotatable bonds is 3. The highest BCUT2D eigenvalue weighted by atomic mass is 79.9. The predicted molar refractivity (Wildman–Crippen MR) is 91.4 cm³/mol. The number of amides is 1. The molecule has 0 aliphatic carbocycles. The van der Waals surface area contributed by atoms with Crippen LogP contribution in [-0.4, -0.2) is 36.2 Å². The number of ether oxygens (including phenoxy) is 2. The fourth-order valence-corrected chi connectivity index (χ4v) is 4.45. The van der Waals surface area contributed by atoms with Crippen LogP contribution in [0.1, 0.15) is 13.8 Å². The third kappa shape index (κ3) is 2.16. The van der Waals surface area contributed by atoms with E-state index in [4.69, 9.17) is 9.47 Å². The zero-order chi connectivity index (χ0) is 17.1. The van der Waals surface area contributed by atoms with Gasteiger partial charge in [-0.2, -0.15) is 0 Å². The van der Waals surface area contributed by atoms with Crippen LogP contribution in [0.25, 0.3) is 0 Å². The van der Waals surface area contributed by atoms with Gasteiger partial charge in [0.15, 0.2) is 0 Å². The number of benzene rings is 1. The average molecular weight is 392 g/mol. The van der Waals surface area contributed by atoms with Crippen LogP contribution >= 0.6 is 15.9 Å². The zero-order valence-electron chi connectivity index (χ0n) is 13.4. The second-order valence-corrected chi connectivity index (χ2v) is 7.62. The number of hydrogen-bond acceptors (Lipinski definition) is 4. The topological polar surface area (TPSA) is 55.8 Å². The monoisotopic (exact) mass is 391 g/mol. The Morgan fingerprint density at radius 3 is 2.88 bits per heavy atom. The van der Waals surface area contributed by atoms with Gasteiger partial charge < -0.3 is 14.4 Å². The van der Waals surface area contributed by atoms with Gasteiger partial charge in [0.25, 0.3) is 0 Å². The lowest BCUT2D eigenvalue weighted by Gasteiger charge is -2.23. The van der Waals surface area contributed by atoms with Crippen LogP contribution in [-0.2, 0) is 19.1 Å². The van der Waals surface area contributed by atoms with Gasteiger partial charge in [-0.1, -0.05) is 24.3 Å². The van der Waals surface area contributed by atoms with Crippen molar-refractivity contribution in [1.29, 1.82) is 0 Å². The number of fused-ring (bicyclic) bond motifs is 1. The van der Waals surface area contributed by atoms with E-state index in [1.165, 1.54) is 0 Å². The van der Waals surface area contributed by atoms with E-state index < -0.39 is 17.4 Å². The average Bonchev–Trinajstić information content (AvgIpc) is 3.15. The minimum absolute atomic E-state index is 0.0838. The Kier molecular flexibility index (Phi) is 3.58. The van der Waals surface area contributed by atoms with Gasteiger partial charge in [0.05, 0.1) is 30.4 Å². The van der Waals surface area contributed by atoms with Crippen molar-refractivity contribution >= 4 is 33.5 Å². The van der Waals surface area contributed by atoms with E-state index in [0.29, 0.717) is 6.54 Å². The van der Waals surface area contributed by atoms with Gasteiger partial charge in [-0.15, -0.1) is 0 Å². The first-order chi connectivity index (χ1) is 11.4. The summed E-state index contributed by atoms with van der Waals surface area (Å²) in [5.41, 5.74) is 0.0697. The molecule has 126 valence electrons. The summed E-state index contributed by atoms with van der Waals surface area (Å²) in [5, 5.41) is 0. The maximum Gasteiger partial charge on any atom is 0.313 e. The smallest absolute Gasteiger partial charge is 0.313 e. The van der Waals surface area contributed by atoms with Gasteiger partial charge in [-0.25, -0.2) is 0 Å². The van der Waals surface area contributed by atoms with E-state index in [2.05, 4.69) is 15.9 Å². The molecule has 0 saturated carbocycles. The van der Waals surface area contributed by atoms with E-state index in [1.54, 1.807) is 18.7 Å². The minimum Gasteiger partial charge on any atom is -0.463 e. The van der Waals surface area contributed by atoms with Crippen molar-refractivity contribution in [1.82, 2.24) is 0 Å². The maximum absolute atomic E-state index is 13.1. The Morgan fingerprint density at radius 2 is 2.17 bits per heavy atom. The molecule has 0 aromatic heterocycles. The second-order valence-electron chi connectivity index (χ2n) is 6.76. The standard InChI is InChI=1S/C18H18BrNO4/c1-10(2)23-17(22)14-13-7-8-18(24-13)9-20(16(21)15(14)18)12-6-4-3-5-11(12)19/h3-8,10,13-15H,9H2,1-2H3/t13-,14+,15+,18+/m1/s1. The first kappa shape index (κ1) is 15.8. The summed E-state index contributed by atoms with van der Waals surface area (Å²) in [6.45, 7) is 4.03. The fraction of sp³-hybridized carbons (Fsp3) is 0.444. The molecule has 3 heterocycles. The molecular formula is C18H18BrNO4. The molecule has 2 bridgehead atoms. The van der Waals surface area contributed by atoms with Gasteiger partial charge in [0, 0.05) is 4.47 Å². The molecule has 1 spiro atoms. The molecule has 3 aliphatic heterocycles. The number of esters is 1. The minimum atomic E-state index is -0.725. The molecule has 0 unspecified atom stereocenters. The molecule has 4 atom stereocenters. The summed E-state index contributed by atoms with van der Waals surface area (Å²) in [6.07, 6.45) is 3.24. The van der Waals surface area contributed by atoms with E-state index >= 15 is 0 Å². The Balaban J connectivity index is 1.69. The SMILES string of the molecule is CC(C)OC(=O)[C@@H]1[C@H]2C(=O)N(c3ccccc3Br)C[C@@]23C=C[C@H]1O3. The van der Waals surface area contributed by atoms with Crippen LogP contribution < -0.4 is 4.90 Å². The highest BCUT2D eigenvalue weighted by Crippen LogP contribution is 2.53. The Morgan fingerprint density at radius 1 is 1.42 bits per heavy atom.